The number of hydrogen-bond donors (Lipinski definition) is 1. The average Bonchev–Trinajstić information content (AvgIpc) is 2.53. The minimum atomic E-state index is 0.590. The van der Waals surface area contributed by atoms with Crippen molar-refractivity contribution in [1.82, 2.24) is 15.1 Å². The normalized spacial score (nSPS) is 18.3. The lowest BCUT2D eigenvalue weighted by atomic mass is 10.0. The van der Waals surface area contributed by atoms with Gasteiger partial charge in [0.05, 0.1) is 11.6 Å². The van der Waals surface area contributed by atoms with Crippen molar-refractivity contribution in [3.63, 3.8) is 0 Å². The molecule has 120 valence electrons. The molecule has 0 spiro atoms. The van der Waals surface area contributed by atoms with Crippen LogP contribution in [0, 0.1) is 17.2 Å². The van der Waals surface area contributed by atoms with Crippen LogP contribution in [0.5, 0.6) is 0 Å². The highest BCUT2D eigenvalue weighted by atomic mass is 15.3. The van der Waals surface area contributed by atoms with Crippen molar-refractivity contribution in [2.75, 3.05) is 39.8 Å². The number of piperazine rings is 1. The van der Waals surface area contributed by atoms with Crippen molar-refractivity contribution in [2.24, 2.45) is 5.92 Å². The highest BCUT2D eigenvalue weighted by molar-refractivity contribution is 5.31. The fourth-order valence-electron chi connectivity index (χ4n) is 3.00. The first-order chi connectivity index (χ1) is 10.6. The third-order valence-electron chi connectivity index (χ3n) is 4.54. The van der Waals surface area contributed by atoms with E-state index in [1.165, 1.54) is 18.7 Å². The van der Waals surface area contributed by atoms with E-state index in [2.05, 4.69) is 42.1 Å². The Labute approximate surface area is 134 Å². The lowest BCUT2D eigenvalue weighted by Gasteiger charge is -2.40. The summed E-state index contributed by atoms with van der Waals surface area (Å²) >= 11 is 0. The van der Waals surface area contributed by atoms with Crippen LogP contribution in [0.15, 0.2) is 24.3 Å². The van der Waals surface area contributed by atoms with Gasteiger partial charge in [0.2, 0.25) is 0 Å². The molecule has 1 aliphatic rings. The molecule has 0 radical (unpaired) electrons. The summed E-state index contributed by atoms with van der Waals surface area (Å²) in [6.45, 7) is 11.2. The van der Waals surface area contributed by atoms with Crippen LogP contribution in [0.2, 0.25) is 0 Å². The van der Waals surface area contributed by atoms with Gasteiger partial charge in [0.15, 0.2) is 0 Å². The molecule has 4 heteroatoms. The molecule has 22 heavy (non-hydrogen) atoms. The standard InChI is InChI=1S/C18H28N4/c1-15(2)18(22-10-8-21(3)9-11-22)14-20-13-17-6-4-16(12-19)5-7-17/h4-7,15,18,20H,8-11,13-14H2,1-3H3/t18-/m0/s1. The van der Waals surface area contributed by atoms with Crippen LogP contribution in [-0.4, -0.2) is 55.6 Å². The molecule has 2 rings (SSSR count). The van der Waals surface area contributed by atoms with Gasteiger partial charge in [-0.3, -0.25) is 4.90 Å². The Bertz CT molecular complexity index is 481. The Kier molecular flexibility index (Phi) is 6.38. The minimum Gasteiger partial charge on any atom is -0.311 e. The summed E-state index contributed by atoms with van der Waals surface area (Å²) in [5, 5.41) is 12.4. The Morgan fingerprint density at radius 1 is 1.14 bits per heavy atom. The van der Waals surface area contributed by atoms with Crippen LogP contribution in [0.4, 0.5) is 0 Å². The molecule has 1 saturated heterocycles. The fourth-order valence-corrected chi connectivity index (χ4v) is 3.00. The van der Waals surface area contributed by atoms with Crippen molar-refractivity contribution in [2.45, 2.75) is 26.4 Å². The van der Waals surface area contributed by atoms with Gasteiger partial charge in [-0.15, -0.1) is 0 Å². The molecule has 1 aromatic rings. The largest absolute Gasteiger partial charge is 0.311 e. The summed E-state index contributed by atoms with van der Waals surface area (Å²) in [5.74, 6) is 0.650. The molecule has 1 N–H and O–H groups in total. The Hall–Kier alpha value is -1.41. The van der Waals surface area contributed by atoms with Crippen LogP contribution >= 0.6 is 0 Å². The zero-order valence-electron chi connectivity index (χ0n) is 14.0. The van der Waals surface area contributed by atoms with E-state index in [-0.39, 0.29) is 0 Å². The van der Waals surface area contributed by atoms with Crippen LogP contribution in [-0.2, 0) is 6.54 Å². The highest BCUT2D eigenvalue weighted by Crippen LogP contribution is 2.13. The monoisotopic (exact) mass is 300 g/mol. The van der Waals surface area contributed by atoms with Gasteiger partial charge in [-0.05, 0) is 30.7 Å². The summed E-state index contributed by atoms with van der Waals surface area (Å²) < 4.78 is 0. The summed E-state index contributed by atoms with van der Waals surface area (Å²) in [5.41, 5.74) is 1.96. The van der Waals surface area contributed by atoms with E-state index >= 15 is 0 Å². The second-order valence-corrected chi connectivity index (χ2v) is 6.59. The van der Waals surface area contributed by atoms with Gasteiger partial charge in [0.25, 0.3) is 0 Å². The maximum absolute atomic E-state index is 8.83. The van der Waals surface area contributed by atoms with E-state index in [4.69, 9.17) is 5.26 Å². The van der Waals surface area contributed by atoms with Crippen molar-refractivity contribution in [3.05, 3.63) is 35.4 Å². The summed E-state index contributed by atoms with van der Waals surface area (Å²) in [6, 6.07) is 10.6. The second kappa shape index (κ2) is 8.28. The van der Waals surface area contributed by atoms with Gasteiger partial charge in [-0.1, -0.05) is 26.0 Å². The maximum atomic E-state index is 8.83. The molecule has 0 bridgehead atoms. The molecule has 0 saturated carbocycles. The predicted molar refractivity (Wildman–Crippen MR) is 90.6 cm³/mol. The molecule has 1 heterocycles. The fraction of sp³-hybridized carbons (Fsp3) is 0.611. The van der Waals surface area contributed by atoms with Gasteiger partial charge in [-0.25, -0.2) is 0 Å². The van der Waals surface area contributed by atoms with Crippen LogP contribution in [0.25, 0.3) is 0 Å². The van der Waals surface area contributed by atoms with Crippen LogP contribution < -0.4 is 5.32 Å². The van der Waals surface area contributed by atoms with E-state index in [1.54, 1.807) is 0 Å². The first-order valence-corrected chi connectivity index (χ1v) is 8.22. The molecule has 1 atom stereocenters. The topological polar surface area (TPSA) is 42.3 Å². The van der Waals surface area contributed by atoms with E-state index in [0.29, 0.717) is 12.0 Å². The summed E-state index contributed by atoms with van der Waals surface area (Å²) in [6.07, 6.45) is 0. The van der Waals surface area contributed by atoms with E-state index in [9.17, 15) is 0 Å². The average molecular weight is 300 g/mol. The highest BCUT2D eigenvalue weighted by Gasteiger charge is 2.24. The molecule has 1 aromatic carbocycles. The lowest BCUT2D eigenvalue weighted by molar-refractivity contribution is 0.0875. The molecule has 1 aliphatic heterocycles. The van der Waals surface area contributed by atoms with Gasteiger partial charge in [0.1, 0.15) is 0 Å². The van der Waals surface area contributed by atoms with Crippen molar-refractivity contribution < 1.29 is 0 Å². The molecule has 0 aliphatic carbocycles. The quantitative estimate of drug-likeness (QED) is 0.871. The molecule has 0 aromatic heterocycles. The number of nitrogens with one attached hydrogen (secondary N) is 1. The molecular formula is C18H28N4. The van der Waals surface area contributed by atoms with Crippen LogP contribution in [0.1, 0.15) is 25.0 Å². The van der Waals surface area contributed by atoms with Crippen molar-refractivity contribution >= 4 is 0 Å². The molecule has 4 nitrogen and oxygen atoms in total. The predicted octanol–water partition coefficient (Wildman–Crippen LogP) is 1.92. The second-order valence-electron chi connectivity index (χ2n) is 6.59. The number of nitrogens with zero attached hydrogens (tertiary/aromatic N) is 3. The van der Waals surface area contributed by atoms with Gasteiger partial charge in [0, 0.05) is 45.3 Å². The van der Waals surface area contributed by atoms with E-state index in [0.717, 1.165) is 31.7 Å². The molecule has 0 amide bonds. The maximum Gasteiger partial charge on any atom is 0.0991 e. The third kappa shape index (κ3) is 4.81. The third-order valence-corrected chi connectivity index (χ3v) is 4.54. The molecular weight excluding hydrogens is 272 g/mol. The Morgan fingerprint density at radius 2 is 1.77 bits per heavy atom. The van der Waals surface area contributed by atoms with Crippen LogP contribution in [0.3, 0.4) is 0 Å². The summed E-state index contributed by atoms with van der Waals surface area (Å²) in [4.78, 5) is 5.02. The van der Waals surface area contributed by atoms with Crippen molar-refractivity contribution in [1.29, 1.82) is 5.26 Å². The Balaban J connectivity index is 1.82. The zero-order valence-corrected chi connectivity index (χ0v) is 14.0. The van der Waals surface area contributed by atoms with Crippen molar-refractivity contribution in [3.8, 4) is 6.07 Å². The molecule has 1 fully saturated rings. The smallest absolute Gasteiger partial charge is 0.0991 e. The number of benzene rings is 1. The number of likely N-dealkylation sites (N-methyl/N-ethyl adjacent to an activating group) is 1. The van der Waals surface area contributed by atoms with Gasteiger partial charge in [-0.2, -0.15) is 5.26 Å². The Morgan fingerprint density at radius 3 is 2.32 bits per heavy atom. The minimum absolute atomic E-state index is 0.590. The van der Waals surface area contributed by atoms with Gasteiger partial charge < -0.3 is 10.2 Å². The summed E-state index contributed by atoms with van der Waals surface area (Å²) in [7, 11) is 2.20. The SMILES string of the molecule is CC(C)[C@H](CNCc1ccc(C#N)cc1)N1CCN(C)CC1. The first-order valence-electron chi connectivity index (χ1n) is 8.22. The zero-order chi connectivity index (χ0) is 15.9. The number of nitriles is 1. The number of hydrogen-bond acceptors (Lipinski definition) is 4. The molecule has 0 unspecified atom stereocenters. The van der Waals surface area contributed by atoms with Gasteiger partial charge >= 0.3 is 0 Å². The first kappa shape index (κ1) is 17.0. The van der Waals surface area contributed by atoms with E-state index in [1.807, 2.05) is 24.3 Å². The number of rotatable bonds is 6. The lowest BCUT2D eigenvalue weighted by Crippen LogP contribution is -2.53. The van der Waals surface area contributed by atoms with E-state index < -0.39 is 0 Å².